The van der Waals surface area contributed by atoms with E-state index in [1.54, 1.807) is 0 Å². The van der Waals surface area contributed by atoms with Gasteiger partial charge in [0, 0.05) is 60.8 Å². The average Bonchev–Trinajstić information content (AvgIpc) is 3.25. The molecule has 10 heteroatoms. The summed E-state index contributed by atoms with van der Waals surface area (Å²) in [5, 5.41) is 5.90. The molecule has 1 atom stereocenters. The van der Waals surface area contributed by atoms with Crippen molar-refractivity contribution >= 4 is 11.6 Å². The topological polar surface area (TPSA) is 57.3 Å². The maximum Gasteiger partial charge on any atom is 0.255 e. The van der Waals surface area contributed by atoms with E-state index in [1.165, 1.54) is 12.4 Å². The van der Waals surface area contributed by atoms with Gasteiger partial charge in [0.05, 0.1) is 11.3 Å². The summed E-state index contributed by atoms with van der Waals surface area (Å²) in [6.45, 7) is 1.58. The summed E-state index contributed by atoms with van der Waals surface area (Å²) < 4.78 is 69.2. The molecule has 182 valence electrons. The quantitative estimate of drug-likeness (QED) is 0.415. The number of nitrogens with zero attached hydrogens (tertiary/aromatic N) is 2. The van der Waals surface area contributed by atoms with Crippen molar-refractivity contribution < 1.29 is 26.7 Å². The Morgan fingerprint density at radius 1 is 1.00 bits per heavy atom. The van der Waals surface area contributed by atoms with E-state index in [9.17, 15) is 26.7 Å². The van der Waals surface area contributed by atoms with Crippen molar-refractivity contribution in [1.82, 2.24) is 15.6 Å². The number of hydrogen-bond donors (Lipinski definition) is 2. The fourth-order valence-corrected chi connectivity index (χ4v) is 4.78. The third-order valence-electron chi connectivity index (χ3n) is 6.62. The fraction of sp³-hybridized carbons (Fsp3) is 0.280. The van der Waals surface area contributed by atoms with Gasteiger partial charge in [0.2, 0.25) is 0 Å². The highest BCUT2D eigenvalue weighted by atomic mass is 19.2. The Balaban J connectivity index is 1.52. The summed E-state index contributed by atoms with van der Waals surface area (Å²) in [7, 11) is 0. The molecule has 0 radical (unpaired) electrons. The molecule has 1 unspecified atom stereocenters. The number of anilines is 1. The second-order valence-corrected chi connectivity index (χ2v) is 8.91. The summed E-state index contributed by atoms with van der Waals surface area (Å²) in [5.74, 6) is -5.81. The van der Waals surface area contributed by atoms with Gasteiger partial charge >= 0.3 is 0 Å². The number of aromatic nitrogens is 1. The van der Waals surface area contributed by atoms with Gasteiger partial charge in [-0.3, -0.25) is 9.78 Å². The van der Waals surface area contributed by atoms with Crippen LogP contribution in [0.1, 0.15) is 28.8 Å². The second-order valence-electron chi connectivity index (χ2n) is 8.91. The van der Waals surface area contributed by atoms with Gasteiger partial charge in [-0.1, -0.05) is 0 Å². The first kappa shape index (κ1) is 23.2. The molecule has 2 aliphatic heterocycles. The normalized spacial score (nSPS) is 19.2. The highest BCUT2D eigenvalue weighted by Crippen LogP contribution is 2.40. The van der Waals surface area contributed by atoms with Crippen LogP contribution >= 0.6 is 0 Å². The van der Waals surface area contributed by atoms with E-state index in [-0.39, 0.29) is 22.2 Å². The van der Waals surface area contributed by atoms with E-state index in [0.29, 0.717) is 30.4 Å². The molecule has 1 amide bonds. The van der Waals surface area contributed by atoms with Crippen LogP contribution in [0, 0.1) is 29.1 Å². The number of amides is 1. The van der Waals surface area contributed by atoms with Crippen molar-refractivity contribution in [3.05, 3.63) is 82.9 Å². The number of carbonyl (C=O) groups is 1. The van der Waals surface area contributed by atoms with Gasteiger partial charge in [0.1, 0.15) is 17.5 Å². The summed E-state index contributed by atoms with van der Waals surface area (Å²) in [5.41, 5.74) is 0.645. The molecule has 0 aliphatic carbocycles. The molecule has 0 saturated carbocycles. The molecule has 2 aliphatic rings. The third kappa shape index (κ3) is 4.45. The van der Waals surface area contributed by atoms with Gasteiger partial charge in [-0.2, -0.15) is 0 Å². The first-order chi connectivity index (χ1) is 16.7. The van der Waals surface area contributed by atoms with E-state index in [1.807, 2.05) is 4.90 Å². The maximum atomic E-state index is 14.1. The van der Waals surface area contributed by atoms with Crippen LogP contribution in [0.4, 0.5) is 27.6 Å². The predicted octanol–water partition coefficient (Wildman–Crippen LogP) is 4.32. The Morgan fingerprint density at radius 2 is 1.71 bits per heavy atom. The van der Waals surface area contributed by atoms with Gasteiger partial charge in [-0.25, -0.2) is 22.0 Å². The number of benzene rings is 2. The lowest BCUT2D eigenvalue weighted by Crippen LogP contribution is -2.58. The van der Waals surface area contributed by atoms with Crippen LogP contribution in [-0.2, 0) is 6.54 Å². The molecule has 2 fully saturated rings. The smallest absolute Gasteiger partial charge is 0.255 e. The van der Waals surface area contributed by atoms with E-state index in [4.69, 9.17) is 0 Å². The number of hydrogen-bond acceptors (Lipinski definition) is 4. The second kappa shape index (κ2) is 8.92. The molecule has 5 rings (SSSR count). The van der Waals surface area contributed by atoms with Crippen molar-refractivity contribution in [3.8, 4) is 11.1 Å². The first-order valence-corrected chi connectivity index (χ1v) is 11.1. The Morgan fingerprint density at radius 3 is 2.37 bits per heavy atom. The van der Waals surface area contributed by atoms with Crippen LogP contribution in [0.3, 0.4) is 0 Å². The van der Waals surface area contributed by atoms with Crippen molar-refractivity contribution in [1.29, 1.82) is 0 Å². The monoisotopic (exact) mass is 488 g/mol. The van der Waals surface area contributed by atoms with Crippen LogP contribution in [0.2, 0.25) is 0 Å². The first-order valence-electron chi connectivity index (χ1n) is 11.1. The Labute approximate surface area is 198 Å². The summed E-state index contributed by atoms with van der Waals surface area (Å²) >= 11 is 0. The van der Waals surface area contributed by atoms with E-state index in [2.05, 4.69) is 15.6 Å². The fourth-order valence-electron chi connectivity index (χ4n) is 4.78. The van der Waals surface area contributed by atoms with Crippen LogP contribution in [-0.4, -0.2) is 36.1 Å². The molecular weight excluding hydrogens is 467 g/mol. The minimum Gasteiger partial charge on any atom is -0.368 e. The van der Waals surface area contributed by atoms with Crippen molar-refractivity contribution in [2.45, 2.75) is 24.9 Å². The number of rotatable bonds is 5. The molecule has 1 spiro atoms. The molecule has 5 nitrogen and oxygen atoms in total. The zero-order valence-electron chi connectivity index (χ0n) is 18.5. The highest BCUT2D eigenvalue weighted by Gasteiger charge is 2.43. The highest BCUT2D eigenvalue weighted by molar-refractivity contribution is 6.03. The Bertz CT molecular complexity index is 1290. The lowest BCUT2D eigenvalue weighted by Gasteiger charge is -2.40. The molecular formula is C25H21F5N4O. The minimum atomic E-state index is -1.36. The van der Waals surface area contributed by atoms with Crippen molar-refractivity contribution in [3.63, 3.8) is 0 Å². The van der Waals surface area contributed by atoms with Gasteiger partial charge in [0.15, 0.2) is 11.6 Å². The standard InChI is InChI=1S/C25H21F5N4O/c26-16-5-14(6-17(27)8-16)19-11-31-12-20(23(19)34-4-2-25(13-34)1-3-33-25)24(35)32-10-15-7-18(28)9-21(29)22(15)30/h5-9,11-12,33H,1-4,10,13H2,(H,32,35). The van der Waals surface area contributed by atoms with E-state index in [0.717, 1.165) is 43.7 Å². The molecule has 3 aromatic rings. The zero-order chi connectivity index (χ0) is 24.7. The van der Waals surface area contributed by atoms with E-state index >= 15 is 0 Å². The molecule has 0 bridgehead atoms. The lowest BCUT2D eigenvalue weighted by atomic mass is 9.87. The molecule has 3 heterocycles. The van der Waals surface area contributed by atoms with Gasteiger partial charge in [0.25, 0.3) is 5.91 Å². The Kier molecular flexibility index (Phi) is 5.92. The lowest BCUT2D eigenvalue weighted by molar-refractivity contribution is 0.0950. The number of carbonyl (C=O) groups excluding carboxylic acids is 1. The summed E-state index contributed by atoms with van der Waals surface area (Å²) in [6.07, 6.45) is 4.53. The number of nitrogens with one attached hydrogen (secondary N) is 2. The molecule has 2 aromatic carbocycles. The maximum absolute atomic E-state index is 14.1. The zero-order valence-corrected chi connectivity index (χ0v) is 18.5. The largest absolute Gasteiger partial charge is 0.368 e. The van der Waals surface area contributed by atoms with Crippen LogP contribution < -0.4 is 15.5 Å². The Hall–Kier alpha value is -3.53. The van der Waals surface area contributed by atoms with Gasteiger partial charge in [-0.15, -0.1) is 0 Å². The summed E-state index contributed by atoms with van der Waals surface area (Å²) in [4.78, 5) is 19.3. The predicted molar refractivity (Wildman–Crippen MR) is 119 cm³/mol. The van der Waals surface area contributed by atoms with Gasteiger partial charge in [-0.05, 0) is 43.1 Å². The van der Waals surface area contributed by atoms with Crippen LogP contribution in [0.15, 0.2) is 42.7 Å². The average molecular weight is 488 g/mol. The number of pyridine rings is 1. The molecule has 35 heavy (non-hydrogen) atoms. The molecule has 2 saturated heterocycles. The van der Waals surface area contributed by atoms with Crippen molar-refractivity contribution in [2.24, 2.45) is 0 Å². The van der Waals surface area contributed by atoms with Gasteiger partial charge < -0.3 is 15.5 Å². The molecule has 1 aromatic heterocycles. The third-order valence-corrected chi connectivity index (χ3v) is 6.62. The van der Waals surface area contributed by atoms with Crippen LogP contribution in [0.5, 0.6) is 0 Å². The van der Waals surface area contributed by atoms with Crippen molar-refractivity contribution in [2.75, 3.05) is 24.5 Å². The molecule has 2 N–H and O–H groups in total. The summed E-state index contributed by atoms with van der Waals surface area (Å²) in [6, 6.07) is 4.29. The van der Waals surface area contributed by atoms with Crippen LogP contribution in [0.25, 0.3) is 11.1 Å². The van der Waals surface area contributed by atoms with E-state index < -0.39 is 41.5 Å². The SMILES string of the molecule is O=C(NCc1cc(F)cc(F)c1F)c1cncc(-c2cc(F)cc(F)c2)c1N1CCC2(CCN2)C1. The minimum absolute atomic E-state index is 0.0936. The number of halogens is 5.